The number of anilines is 1. The molecule has 1 N–H and O–H groups in total. The van der Waals surface area contributed by atoms with Crippen LogP contribution in [0.25, 0.3) is 5.69 Å². The Bertz CT molecular complexity index is 771. The standard InChI is InChI=1S/C17H14FN3OS/c18-13-2-8-16(9-3-13)23-12-17(22)20-14-4-6-15(7-5-14)21-11-1-10-19-21/h1-11H,12H2,(H,20,22). The first-order chi connectivity index (χ1) is 11.2. The molecule has 3 aromatic rings. The fraction of sp³-hybridized carbons (Fsp3) is 0.0588. The van der Waals surface area contributed by atoms with Gasteiger partial charge in [0.15, 0.2) is 0 Å². The Kier molecular flexibility index (Phi) is 4.73. The lowest BCUT2D eigenvalue weighted by Gasteiger charge is -2.07. The van der Waals surface area contributed by atoms with Crippen molar-refractivity contribution in [3.05, 3.63) is 72.8 Å². The van der Waals surface area contributed by atoms with E-state index in [1.807, 2.05) is 36.5 Å². The van der Waals surface area contributed by atoms with Gasteiger partial charge in [0.05, 0.1) is 11.4 Å². The molecule has 0 unspecified atom stereocenters. The third kappa shape index (κ3) is 4.20. The monoisotopic (exact) mass is 327 g/mol. The van der Waals surface area contributed by atoms with Crippen molar-refractivity contribution in [3.63, 3.8) is 0 Å². The molecule has 6 heteroatoms. The van der Waals surface area contributed by atoms with Crippen molar-refractivity contribution in [2.24, 2.45) is 0 Å². The van der Waals surface area contributed by atoms with Gasteiger partial charge in [-0.25, -0.2) is 9.07 Å². The first-order valence-electron chi connectivity index (χ1n) is 6.99. The number of nitrogens with one attached hydrogen (secondary N) is 1. The molecule has 0 bridgehead atoms. The fourth-order valence-electron chi connectivity index (χ4n) is 2.00. The van der Waals surface area contributed by atoms with Crippen LogP contribution < -0.4 is 5.32 Å². The van der Waals surface area contributed by atoms with Gasteiger partial charge < -0.3 is 5.32 Å². The van der Waals surface area contributed by atoms with Crippen molar-refractivity contribution in [1.82, 2.24) is 9.78 Å². The first-order valence-corrected chi connectivity index (χ1v) is 7.97. The number of nitrogens with zero attached hydrogens (tertiary/aromatic N) is 2. The van der Waals surface area contributed by atoms with Crippen LogP contribution >= 0.6 is 11.8 Å². The van der Waals surface area contributed by atoms with Gasteiger partial charge in [0, 0.05) is 23.0 Å². The highest BCUT2D eigenvalue weighted by molar-refractivity contribution is 8.00. The van der Waals surface area contributed by atoms with Crippen LogP contribution in [0, 0.1) is 5.82 Å². The van der Waals surface area contributed by atoms with E-state index in [4.69, 9.17) is 0 Å². The van der Waals surface area contributed by atoms with Crippen molar-refractivity contribution < 1.29 is 9.18 Å². The predicted octanol–water partition coefficient (Wildman–Crippen LogP) is 3.74. The number of carbonyl (C=O) groups is 1. The van der Waals surface area contributed by atoms with Gasteiger partial charge in [0.1, 0.15) is 5.82 Å². The molecule has 2 aromatic carbocycles. The lowest BCUT2D eigenvalue weighted by molar-refractivity contribution is -0.113. The molecular weight excluding hydrogens is 313 g/mol. The van der Waals surface area contributed by atoms with E-state index in [1.54, 1.807) is 23.0 Å². The van der Waals surface area contributed by atoms with Crippen LogP contribution in [0.3, 0.4) is 0 Å². The summed E-state index contributed by atoms with van der Waals surface area (Å²) in [4.78, 5) is 12.8. The average Bonchev–Trinajstić information content (AvgIpc) is 3.09. The molecule has 23 heavy (non-hydrogen) atoms. The SMILES string of the molecule is O=C(CSc1ccc(F)cc1)Nc1ccc(-n2cccn2)cc1. The second kappa shape index (κ2) is 7.11. The van der Waals surface area contributed by atoms with Crippen molar-refractivity contribution in [2.45, 2.75) is 4.90 Å². The lowest BCUT2D eigenvalue weighted by Crippen LogP contribution is -2.13. The maximum absolute atomic E-state index is 12.8. The Hall–Kier alpha value is -2.60. The van der Waals surface area contributed by atoms with E-state index in [0.29, 0.717) is 0 Å². The summed E-state index contributed by atoms with van der Waals surface area (Å²) >= 11 is 1.36. The van der Waals surface area contributed by atoms with Gasteiger partial charge in [-0.15, -0.1) is 11.8 Å². The Morgan fingerprint density at radius 1 is 1.13 bits per heavy atom. The van der Waals surface area contributed by atoms with Crippen LogP contribution in [-0.2, 0) is 4.79 Å². The van der Waals surface area contributed by atoms with Gasteiger partial charge in [0.2, 0.25) is 5.91 Å². The van der Waals surface area contributed by atoms with Crippen LogP contribution in [0.15, 0.2) is 71.9 Å². The minimum atomic E-state index is -0.281. The lowest BCUT2D eigenvalue weighted by atomic mass is 10.3. The van der Waals surface area contributed by atoms with E-state index in [2.05, 4.69) is 10.4 Å². The van der Waals surface area contributed by atoms with Crippen LogP contribution in [0.1, 0.15) is 0 Å². The summed E-state index contributed by atoms with van der Waals surface area (Å²) in [6.07, 6.45) is 3.56. The zero-order chi connectivity index (χ0) is 16.1. The summed E-state index contributed by atoms with van der Waals surface area (Å²) in [6, 6.07) is 15.4. The molecule has 1 heterocycles. The quantitative estimate of drug-likeness (QED) is 0.726. The summed E-state index contributed by atoms with van der Waals surface area (Å²) in [5.74, 6) is -0.116. The van der Waals surface area contributed by atoms with Crippen molar-refractivity contribution in [3.8, 4) is 5.69 Å². The van der Waals surface area contributed by atoms with E-state index in [-0.39, 0.29) is 17.5 Å². The highest BCUT2D eigenvalue weighted by atomic mass is 32.2. The largest absolute Gasteiger partial charge is 0.325 e. The number of amides is 1. The van der Waals surface area contributed by atoms with E-state index in [9.17, 15) is 9.18 Å². The topological polar surface area (TPSA) is 46.9 Å². The normalized spacial score (nSPS) is 10.5. The van der Waals surface area contributed by atoms with Crippen LogP contribution in [0.5, 0.6) is 0 Å². The highest BCUT2D eigenvalue weighted by Crippen LogP contribution is 2.19. The summed E-state index contributed by atoms with van der Waals surface area (Å²) in [5.41, 5.74) is 1.65. The third-order valence-corrected chi connectivity index (χ3v) is 4.12. The van der Waals surface area contributed by atoms with Gasteiger partial charge in [-0.1, -0.05) is 0 Å². The summed E-state index contributed by atoms with van der Waals surface area (Å²) in [5, 5.41) is 6.98. The number of thioether (sulfide) groups is 1. The molecule has 116 valence electrons. The maximum Gasteiger partial charge on any atom is 0.234 e. The van der Waals surface area contributed by atoms with Crippen molar-refractivity contribution in [1.29, 1.82) is 0 Å². The molecule has 0 saturated heterocycles. The van der Waals surface area contributed by atoms with E-state index in [1.165, 1.54) is 23.9 Å². The molecule has 0 atom stereocenters. The van der Waals surface area contributed by atoms with Gasteiger partial charge >= 0.3 is 0 Å². The number of aromatic nitrogens is 2. The van der Waals surface area contributed by atoms with Gasteiger partial charge in [0.25, 0.3) is 0 Å². The van der Waals surface area contributed by atoms with Gasteiger partial charge in [-0.2, -0.15) is 5.10 Å². The fourth-order valence-corrected chi connectivity index (χ4v) is 2.69. The second-order valence-corrected chi connectivity index (χ2v) is 5.84. The second-order valence-electron chi connectivity index (χ2n) is 4.79. The zero-order valence-corrected chi connectivity index (χ0v) is 13.0. The van der Waals surface area contributed by atoms with Crippen molar-refractivity contribution in [2.75, 3.05) is 11.1 Å². The van der Waals surface area contributed by atoms with E-state index >= 15 is 0 Å². The van der Waals surface area contributed by atoms with Crippen molar-refractivity contribution >= 4 is 23.4 Å². The van der Waals surface area contributed by atoms with Crippen LogP contribution in [0.2, 0.25) is 0 Å². The third-order valence-electron chi connectivity index (χ3n) is 3.10. The van der Waals surface area contributed by atoms with Crippen LogP contribution in [-0.4, -0.2) is 21.4 Å². The Morgan fingerprint density at radius 3 is 2.52 bits per heavy atom. The minimum absolute atomic E-state index is 0.105. The molecule has 1 aromatic heterocycles. The number of benzene rings is 2. The Balaban J connectivity index is 1.54. The molecule has 0 aliphatic heterocycles. The number of rotatable bonds is 5. The smallest absolute Gasteiger partial charge is 0.234 e. The minimum Gasteiger partial charge on any atom is -0.325 e. The molecular formula is C17H14FN3OS. The predicted molar refractivity (Wildman–Crippen MR) is 89.3 cm³/mol. The summed E-state index contributed by atoms with van der Waals surface area (Å²) in [6.45, 7) is 0. The molecule has 0 fully saturated rings. The number of halogens is 1. The molecule has 3 rings (SSSR count). The zero-order valence-electron chi connectivity index (χ0n) is 12.1. The molecule has 1 amide bonds. The average molecular weight is 327 g/mol. The molecule has 0 aliphatic rings. The number of hydrogen-bond acceptors (Lipinski definition) is 3. The van der Waals surface area contributed by atoms with Gasteiger partial charge in [-0.3, -0.25) is 4.79 Å². The molecule has 0 saturated carbocycles. The molecule has 4 nitrogen and oxygen atoms in total. The van der Waals surface area contributed by atoms with E-state index in [0.717, 1.165) is 16.3 Å². The molecule has 0 radical (unpaired) electrons. The molecule has 0 aliphatic carbocycles. The Labute approximate surface area is 137 Å². The maximum atomic E-state index is 12.8. The van der Waals surface area contributed by atoms with Crippen LogP contribution in [0.4, 0.5) is 10.1 Å². The highest BCUT2D eigenvalue weighted by Gasteiger charge is 2.04. The molecule has 0 spiro atoms. The van der Waals surface area contributed by atoms with Gasteiger partial charge in [-0.05, 0) is 54.6 Å². The number of hydrogen-bond donors (Lipinski definition) is 1. The summed E-state index contributed by atoms with van der Waals surface area (Å²) < 4.78 is 14.6. The number of carbonyl (C=O) groups excluding carboxylic acids is 1. The first kappa shape index (κ1) is 15.3. The van der Waals surface area contributed by atoms with E-state index < -0.39 is 0 Å². The Morgan fingerprint density at radius 2 is 1.87 bits per heavy atom. The summed E-state index contributed by atoms with van der Waals surface area (Å²) in [7, 11) is 0.